The number of hydrogen-bond acceptors (Lipinski definition) is 3. The predicted octanol–water partition coefficient (Wildman–Crippen LogP) is 7.37. The highest BCUT2D eigenvalue weighted by molar-refractivity contribution is 6.25. The Bertz CT molecular complexity index is 1760. The number of allylic oxidation sites excluding steroid dienone is 2. The second-order valence-electron chi connectivity index (χ2n) is 9.67. The second kappa shape index (κ2) is 8.93. The summed E-state index contributed by atoms with van der Waals surface area (Å²) in [5.41, 5.74) is 11.3. The maximum Gasteiger partial charge on any atom is 0.337 e. The summed E-state index contributed by atoms with van der Waals surface area (Å²) < 4.78 is 7.35. The van der Waals surface area contributed by atoms with Crippen molar-refractivity contribution in [3.8, 4) is 0 Å². The Kier molecular flexibility index (Phi) is 5.26. The van der Waals surface area contributed by atoms with Crippen molar-refractivity contribution in [2.75, 3.05) is 18.6 Å². The van der Waals surface area contributed by atoms with E-state index in [1.165, 1.54) is 57.4 Å². The Balaban J connectivity index is 1.53. The summed E-state index contributed by atoms with van der Waals surface area (Å²) in [6.45, 7) is 1.83. The molecule has 0 amide bonds. The summed E-state index contributed by atoms with van der Waals surface area (Å²) in [5, 5.41) is 1.26. The highest BCUT2D eigenvalue weighted by Crippen LogP contribution is 2.50. The van der Waals surface area contributed by atoms with Crippen LogP contribution in [0.3, 0.4) is 0 Å². The Labute approximate surface area is 221 Å². The average molecular weight is 495 g/mol. The van der Waals surface area contributed by atoms with Gasteiger partial charge in [-0.25, -0.2) is 4.79 Å². The normalized spacial score (nSPS) is 15.3. The molecule has 2 aliphatic rings. The van der Waals surface area contributed by atoms with Crippen LogP contribution in [0, 0.1) is 0 Å². The molecule has 2 aliphatic heterocycles. The van der Waals surface area contributed by atoms with Gasteiger partial charge in [0.25, 0.3) is 0 Å². The predicted molar refractivity (Wildman–Crippen MR) is 155 cm³/mol. The molecule has 0 N–H and O–H groups in total. The second-order valence-corrected chi connectivity index (χ2v) is 9.67. The molecule has 0 saturated carbocycles. The van der Waals surface area contributed by atoms with Gasteiger partial charge in [-0.1, -0.05) is 78.9 Å². The van der Waals surface area contributed by atoms with E-state index in [0.29, 0.717) is 5.56 Å². The number of carbonyl (C=O) groups excluding carboxylic acids is 1. The van der Waals surface area contributed by atoms with E-state index in [1.807, 2.05) is 24.3 Å². The van der Waals surface area contributed by atoms with Gasteiger partial charge in [0, 0.05) is 40.8 Å². The first kappa shape index (κ1) is 22.4. The molecular formula is C34H26N2O2. The van der Waals surface area contributed by atoms with E-state index in [9.17, 15) is 4.79 Å². The summed E-state index contributed by atoms with van der Waals surface area (Å²) in [5.74, 6) is -0.329. The number of para-hydroxylation sites is 2. The Morgan fingerprint density at radius 2 is 1.55 bits per heavy atom. The monoisotopic (exact) mass is 494 g/mol. The molecule has 38 heavy (non-hydrogen) atoms. The minimum atomic E-state index is -0.329. The van der Waals surface area contributed by atoms with Crippen molar-refractivity contribution in [3.05, 3.63) is 137 Å². The largest absolute Gasteiger partial charge is 0.465 e. The smallest absolute Gasteiger partial charge is 0.337 e. The Hall–Kier alpha value is -4.83. The standard InChI is InChI=1S/C34H26N2O2/c1-38-34(37)25-17-15-23(16-18-25)21-28-27-12-6-8-14-30(27)36-20-19-35-29-13-7-5-11-26(29)22-31(35)33(36)32(28)24-9-3-2-4-10-24/h2-18,21-22H,19-20H2,1H3/b28-21+. The lowest BCUT2D eigenvalue weighted by Crippen LogP contribution is -2.35. The molecule has 0 spiro atoms. The van der Waals surface area contributed by atoms with Gasteiger partial charge >= 0.3 is 5.97 Å². The van der Waals surface area contributed by atoms with E-state index < -0.39 is 0 Å². The van der Waals surface area contributed by atoms with Crippen LogP contribution in [0.15, 0.2) is 109 Å². The minimum Gasteiger partial charge on any atom is -0.465 e. The topological polar surface area (TPSA) is 34.5 Å². The minimum absolute atomic E-state index is 0.329. The number of nitrogens with zero attached hydrogens (tertiary/aromatic N) is 2. The number of rotatable bonds is 3. The number of methoxy groups -OCH3 is 1. The molecule has 4 heteroatoms. The van der Waals surface area contributed by atoms with Crippen molar-refractivity contribution in [2.24, 2.45) is 0 Å². The van der Waals surface area contributed by atoms with Crippen LogP contribution in [0.4, 0.5) is 5.69 Å². The van der Waals surface area contributed by atoms with Crippen LogP contribution in [0.2, 0.25) is 0 Å². The lowest BCUT2D eigenvalue weighted by atomic mass is 9.83. The molecule has 4 nitrogen and oxygen atoms in total. The van der Waals surface area contributed by atoms with Gasteiger partial charge in [0.1, 0.15) is 0 Å². The highest BCUT2D eigenvalue weighted by Gasteiger charge is 2.34. The molecule has 1 aromatic heterocycles. The zero-order chi connectivity index (χ0) is 25.6. The van der Waals surface area contributed by atoms with Gasteiger partial charge in [-0.2, -0.15) is 0 Å². The summed E-state index contributed by atoms with van der Waals surface area (Å²) in [6, 6.07) is 37.9. The Morgan fingerprint density at radius 3 is 2.37 bits per heavy atom. The first-order chi connectivity index (χ1) is 18.7. The third-order valence-electron chi connectivity index (χ3n) is 7.57. The lowest BCUT2D eigenvalue weighted by Gasteiger charge is -2.40. The third kappa shape index (κ3) is 3.49. The van der Waals surface area contributed by atoms with Crippen LogP contribution < -0.4 is 4.90 Å². The van der Waals surface area contributed by atoms with Crippen molar-refractivity contribution in [3.63, 3.8) is 0 Å². The fourth-order valence-electron chi connectivity index (χ4n) is 5.85. The van der Waals surface area contributed by atoms with Gasteiger partial charge in [-0.3, -0.25) is 0 Å². The van der Waals surface area contributed by atoms with Gasteiger partial charge in [0.15, 0.2) is 0 Å². The summed E-state index contributed by atoms with van der Waals surface area (Å²) in [4.78, 5) is 14.5. The number of fused-ring (bicyclic) bond motifs is 7. The first-order valence-corrected chi connectivity index (χ1v) is 12.9. The quantitative estimate of drug-likeness (QED) is 0.246. The van der Waals surface area contributed by atoms with E-state index in [1.54, 1.807) is 0 Å². The molecule has 4 aromatic carbocycles. The number of aromatic nitrogens is 1. The molecular weight excluding hydrogens is 468 g/mol. The fourth-order valence-corrected chi connectivity index (χ4v) is 5.85. The van der Waals surface area contributed by atoms with Crippen LogP contribution in [-0.2, 0) is 11.3 Å². The van der Waals surface area contributed by atoms with Crippen LogP contribution in [-0.4, -0.2) is 24.2 Å². The maximum absolute atomic E-state index is 12.0. The van der Waals surface area contributed by atoms with Crippen LogP contribution in [0.5, 0.6) is 0 Å². The highest BCUT2D eigenvalue weighted by atomic mass is 16.5. The molecule has 7 rings (SSSR count). The van der Waals surface area contributed by atoms with E-state index in [2.05, 4.69) is 100 Å². The van der Waals surface area contributed by atoms with E-state index in [4.69, 9.17) is 4.74 Å². The first-order valence-electron chi connectivity index (χ1n) is 12.9. The van der Waals surface area contributed by atoms with Gasteiger partial charge in [0.2, 0.25) is 0 Å². The molecule has 0 bridgehead atoms. The van der Waals surface area contributed by atoms with Crippen LogP contribution >= 0.6 is 0 Å². The fraction of sp³-hybridized carbons (Fsp3) is 0.0882. The van der Waals surface area contributed by atoms with E-state index >= 15 is 0 Å². The van der Waals surface area contributed by atoms with Gasteiger partial charge in [0.05, 0.1) is 24.1 Å². The molecule has 0 saturated heterocycles. The average Bonchev–Trinajstić information content (AvgIpc) is 3.37. The zero-order valence-electron chi connectivity index (χ0n) is 21.1. The number of esters is 1. The lowest BCUT2D eigenvalue weighted by molar-refractivity contribution is 0.0600. The number of hydrogen-bond donors (Lipinski definition) is 0. The van der Waals surface area contributed by atoms with Crippen LogP contribution in [0.1, 0.15) is 32.7 Å². The number of carbonyl (C=O) groups is 1. The van der Waals surface area contributed by atoms with Crippen molar-refractivity contribution in [1.29, 1.82) is 0 Å². The number of ether oxygens (including phenoxy) is 1. The molecule has 5 aromatic rings. The van der Waals surface area contributed by atoms with Crippen molar-refractivity contribution < 1.29 is 9.53 Å². The van der Waals surface area contributed by atoms with Crippen LogP contribution in [0.25, 0.3) is 33.8 Å². The third-order valence-corrected chi connectivity index (χ3v) is 7.57. The summed E-state index contributed by atoms with van der Waals surface area (Å²) in [7, 11) is 1.41. The van der Waals surface area contributed by atoms with Crippen molar-refractivity contribution in [2.45, 2.75) is 6.54 Å². The summed E-state index contributed by atoms with van der Waals surface area (Å²) in [6.07, 6.45) is 2.24. The molecule has 3 heterocycles. The molecule has 0 aliphatic carbocycles. The van der Waals surface area contributed by atoms with Crippen molar-refractivity contribution in [1.82, 2.24) is 4.57 Å². The molecule has 0 atom stereocenters. The molecule has 0 unspecified atom stereocenters. The molecule has 0 radical (unpaired) electrons. The van der Waals surface area contributed by atoms with Crippen molar-refractivity contribution >= 4 is 45.5 Å². The van der Waals surface area contributed by atoms with Gasteiger partial charge in [-0.15, -0.1) is 0 Å². The molecule has 0 fully saturated rings. The van der Waals surface area contributed by atoms with Gasteiger partial charge in [-0.05, 0) is 53.1 Å². The zero-order valence-corrected chi connectivity index (χ0v) is 21.1. The maximum atomic E-state index is 12.0. The SMILES string of the molecule is COC(=O)c1ccc(/C=C2/C(c3ccccc3)=C3c4cc5ccccc5n4CCN3c3ccccc32)cc1. The number of anilines is 1. The molecule has 184 valence electrons. The number of benzene rings is 4. The van der Waals surface area contributed by atoms with Gasteiger partial charge < -0.3 is 14.2 Å². The summed E-state index contributed by atoms with van der Waals surface area (Å²) >= 11 is 0. The van der Waals surface area contributed by atoms with E-state index in [0.717, 1.165) is 18.7 Å². The Morgan fingerprint density at radius 1 is 0.816 bits per heavy atom. The van der Waals surface area contributed by atoms with E-state index in [-0.39, 0.29) is 5.97 Å².